The molecule has 0 radical (unpaired) electrons. The Morgan fingerprint density at radius 1 is 1.11 bits per heavy atom. The topological polar surface area (TPSA) is 48.4 Å². The first-order valence-electron chi connectivity index (χ1n) is 4.39. The molecule has 1 aromatic heterocycles. The van der Waals surface area contributed by atoms with E-state index in [1.807, 2.05) is 6.92 Å². The normalized spacial score (nSPS) is 14.7. The molecule has 0 bridgehead atoms. The van der Waals surface area contributed by atoms with Gasteiger partial charge < -0.3 is 4.84 Å². The molecule has 1 rings (SSSR count). The minimum atomic E-state index is -10.7. The Balaban J connectivity index is 0.000000360. The molecular formula is C7H11F6N2O2P. The fourth-order valence-electron chi connectivity index (χ4n) is 0.713. The van der Waals surface area contributed by atoms with Gasteiger partial charge in [0.05, 0.1) is 12.1 Å². The van der Waals surface area contributed by atoms with Crippen molar-refractivity contribution in [1.29, 1.82) is 0 Å². The molecule has 1 heterocycles. The van der Waals surface area contributed by atoms with Gasteiger partial charge in [-0.25, -0.2) is 0 Å². The molecule has 18 heavy (non-hydrogen) atoms. The van der Waals surface area contributed by atoms with Crippen molar-refractivity contribution in [3.63, 3.8) is 0 Å². The SMILES string of the molecule is CCO[n+]1ccc(ON)cc1.F[P-](F)(F)(F)(F)F. The maximum absolute atomic E-state index is 10.7. The van der Waals surface area contributed by atoms with Crippen LogP contribution in [0, 0.1) is 0 Å². The van der Waals surface area contributed by atoms with Crippen molar-refractivity contribution < 1.29 is 39.6 Å². The number of pyridine rings is 1. The summed E-state index contributed by atoms with van der Waals surface area (Å²) in [4.78, 5) is 9.60. The van der Waals surface area contributed by atoms with Gasteiger partial charge >= 0.3 is 33.0 Å². The summed E-state index contributed by atoms with van der Waals surface area (Å²) in [5.41, 5.74) is 0. The third-order valence-electron chi connectivity index (χ3n) is 1.19. The van der Waals surface area contributed by atoms with E-state index in [1.165, 1.54) is 0 Å². The van der Waals surface area contributed by atoms with E-state index in [0.717, 1.165) is 0 Å². The molecule has 1 aromatic rings. The van der Waals surface area contributed by atoms with Gasteiger partial charge in [0.25, 0.3) is 0 Å². The third kappa shape index (κ3) is 14.7. The van der Waals surface area contributed by atoms with Crippen molar-refractivity contribution in [1.82, 2.24) is 0 Å². The molecule has 11 heteroatoms. The zero-order valence-corrected chi connectivity index (χ0v) is 9.97. The third-order valence-corrected chi connectivity index (χ3v) is 1.19. The van der Waals surface area contributed by atoms with Gasteiger partial charge in [-0.3, -0.25) is 4.84 Å². The average Bonchev–Trinajstić information content (AvgIpc) is 2.15. The van der Waals surface area contributed by atoms with Gasteiger partial charge in [-0.15, -0.1) is 0 Å². The van der Waals surface area contributed by atoms with Crippen LogP contribution in [0.4, 0.5) is 25.2 Å². The summed E-state index contributed by atoms with van der Waals surface area (Å²) in [7, 11) is -10.7. The van der Waals surface area contributed by atoms with Crippen LogP contribution in [-0.4, -0.2) is 6.61 Å². The number of nitrogens with two attached hydrogens (primary N) is 1. The van der Waals surface area contributed by atoms with E-state index < -0.39 is 7.81 Å². The van der Waals surface area contributed by atoms with Crippen LogP contribution in [0.15, 0.2) is 24.5 Å². The van der Waals surface area contributed by atoms with Gasteiger partial charge in [-0.05, 0) is 6.92 Å². The summed E-state index contributed by atoms with van der Waals surface area (Å²) in [5, 5.41) is 0. The number of halogens is 6. The Hall–Kier alpha value is -1.28. The van der Waals surface area contributed by atoms with Crippen molar-refractivity contribution in [2.24, 2.45) is 5.90 Å². The first kappa shape index (κ1) is 16.7. The van der Waals surface area contributed by atoms with E-state index in [2.05, 4.69) is 4.84 Å². The van der Waals surface area contributed by atoms with Crippen molar-refractivity contribution in [3.8, 4) is 5.75 Å². The summed E-state index contributed by atoms with van der Waals surface area (Å²) < 4.78 is 60.8. The Bertz CT molecular complexity index is 366. The fourth-order valence-corrected chi connectivity index (χ4v) is 0.713. The molecular weight excluding hydrogens is 289 g/mol. The van der Waals surface area contributed by atoms with E-state index >= 15 is 0 Å². The maximum atomic E-state index is 9.87. The molecule has 0 aliphatic heterocycles. The second kappa shape index (κ2) is 4.77. The van der Waals surface area contributed by atoms with Gasteiger partial charge in [0, 0.05) is 4.73 Å². The molecule has 0 aliphatic rings. The number of nitrogens with zero attached hydrogens (tertiary/aromatic N) is 1. The standard InChI is InChI=1S/C7H11N2O2.F6P/c1-2-10-9-5-3-7(11-8)4-6-9;1-7(2,3,4,5)6/h3-6H,2,8H2,1H3;/q+1;-1. The minimum absolute atomic E-state index is 0.612. The number of hydrogen-bond acceptors (Lipinski definition) is 3. The Morgan fingerprint density at radius 3 is 1.78 bits per heavy atom. The van der Waals surface area contributed by atoms with Crippen LogP contribution < -0.4 is 20.3 Å². The molecule has 108 valence electrons. The van der Waals surface area contributed by atoms with Gasteiger partial charge in [-0.1, -0.05) is 0 Å². The van der Waals surface area contributed by atoms with E-state index in [0.29, 0.717) is 12.4 Å². The monoisotopic (exact) mass is 300 g/mol. The van der Waals surface area contributed by atoms with Crippen molar-refractivity contribution in [2.75, 3.05) is 6.61 Å². The van der Waals surface area contributed by atoms with Gasteiger partial charge in [0.2, 0.25) is 12.4 Å². The quantitative estimate of drug-likeness (QED) is 0.404. The summed E-state index contributed by atoms with van der Waals surface area (Å²) in [6.45, 7) is 2.55. The van der Waals surface area contributed by atoms with Crippen LogP contribution in [0.3, 0.4) is 0 Å². The number of aromatic nitrogens is 1. The van der Waals surface area contributed by atoms with E-state index in [1.54, 1.807) is 29.3 Å². The van der Waals surface area contributed by atoms with Crippen molar-refractivity contribution >= 4 is 7.81 Å². The summed E-state index contributed by atoms with van der Waals surface area (Å²) in [5.74, 6) is 5.54. The summed E-state index contributed by atoms with van der Waals surface area (Å²) in [6, 6.07) is 3.44. The fraction of sp³-hybridized carbons (Fsp3) is 0.286. The van der Waals surface area contributed by atoms with Crippen LogP contribution in [0.2, 0.25) is 0 Å². The Labute approximate surface area is 98.1 Å². The van der Waals surface area contributed by atoms with Crippen molar-refractivity contribution in [3.05, 3.63) is 24.5 Å². The molecule has 4 nitrogen and oxygen atoms in total. The van der Waals surface area contributed by atoms with Gasteiger partial charge in [-0.2, -0.15) is 5.90 Å². The second-order valence-electron chi connectivity index (χ2n) is 2.89. The predicted molar refractivity (Wildman–Crippen MR) is 52.1 cm³/mol. The zero-order valence-electron chi connectivity index (χ0n) is 9.07. The summed E-state index contributed by atoms with van der Waals surface area (Å²) in [6.07, 6.45) is 3.46. The first-order valence-corrected chi connectivity index (χ1v) is 6.42. The Morgan fingerprint density at radius 2 is 1.50 bits per heavy atom. The molecule has 0 fully saturated rings. The van der Waals surface area contributed by atoms with Crippen LogP contribution in [0.5, 0.6) is 5.75 Å². The van der Waals surface area contributed by atoms with Crippen LogP contribution in [0.1, 0.15) is 6.92 Å². The van der Waals surface area contributed by atoms with E-state index in [9.17, 15) is 25.2 Å². The van der Waals surface area contributed by atoms with Gasteiger partial charge in [0.1, 0.15) is 0 Å². The van der Waals surface area contributed by atoms with Crippen LogP contribution in [0.25, 0.3) is 0 Å². The molecule has 0 aliphatic carbocycles. The molecule has 0 saturated carbocycles. The van der Waals surface area contributed by atoms with Crippen molar-refractivity contribution in [2.45, 2.75) is 6.92 Å². The second-order valence-corrected chi connectivity index (χ2v) is 4.80. The predicted octanol–water partition coefficient (Wildman–Crippen LogP) is 3.06. The Kier molecular flexibility index (Phi) is 4.43. The van der Waals surface area contributed by atoms with E-state index in [4.69, 9.17) is 10.7 Å². The van der Waals surface area contributed by atoms with Crippen LogP contribution in [-0.2, 0) is 0 Å². The molecule has 0 atom stereocenters. The molecule has 0 saturated heterocycles. The number of rotatable bonds is 3. The number of hydrogen-bond donors (Lipinski definition) is 1. The first-order chi connectivity index (χ1) is 7.81. The average molecular weight is 300 g/mol. The molecule has 0 unspecified atom stereocenters. The zero-order chi connectivity index (χ0) is 14.5. The molecule has 0 spiro atoms. The molecule has 0 amide bonds. The molecule has 0 aromatic carbocycles. The molecule has 2 N–H and O–H groups in total. The summed E-state index contributed by atoms with van der Waals surface area (Å²) >= 11 is 0. The van der Waals surface area contributed by atoms with Gasteiger partial charge in [0.15, 0.2) is 12.4 Å². The van der Waals surface area contributed by atoms with E-state index in [-0.39, 0.29) is 0 Å². The van der Waals surface area contributed by atoms with Crippen LogP contribution >= 0.6 is 7.81 Å².